The molecule has 0 aliphatic rings. The molecule has 0 amide bonds. The maximum atomic E-state index is 10.8. The van der Waals surface area contributed by atoms with Crippen molar-refractivity contribution < 1.29 is 29.3 Å². The smallest absolute Gasteiger partial charge is 0.372 e. The van der Waals surface area contributed by atoms with E-state index >= 15 is 0 Å². The van der Waals surface area contributed by atoms with E-state index in [4.69, 9.17) is 10.2 Å². The molecule has 0 aliphatic carbocycles. The Hall–Kier alpha value is -1.43. The van der Waals surface area contributed by atoms with Crippen LogP contribution in [0.3, 0.4) is 0 Å². The summed E-state index contributed by atoms with van der Waals surface area (Å²) in [6, 6.07) is 0. The molecule has 6 heteroatoms. The van der Waals surface area contributed by atoms with Crippen molar-refractivity contribution in [1.29, 1.82) is 0 Å². The first kappa shape index (κ1) is 12.6. The number of esters is 1. The topological polar surface area (TPSA) is 101 Å². The molecular weight excluding hydrogens is 192 g/mol. The molecule has 0 spiro atoms. The third kappa shape index (κ3) is 6.13. The van der Waals surface area contributed by atoms with Gasteiger partial charge in [-0.2, -0.15) is 0 Å². The summed E-state index contributed by atoms with van der Waals surface area (Å²) in [6.07, 6.45) is -1.43. The Morgan fingerprint density at radius 1 is 1.29 bits per heavy atom. The quantitative estimate of drug-likeness (QED) is 0.440. The van der Waals surface area contributed by atoms with E-state index in [-0.39, 0.29) is 19.4 Å². The van der Waals surface area contributed by atoms with Gasteiger partial charge in [0.15, 0.2) is 0 Å². The molecule has 1 atom stereocenters. The van der Waals surface area contributed by atoms with Crippen LogP contribution >= 0.6 is 0 Å². The van der Waals surface area contributed by atoms with Crippen molar-refractivity contribution in [2.24, 2.45) is 0 Å². The highest BCUT2D eigenvalue weighted by atomic mass is 16.5. The van der Waals surface area contributed by atoms with Gasteiger partial charge in [0.2, 0.25) is 5.78 Å². The van der Waals surface area contributed by atoms with Gasteiger partial charge < -0.3 is 14.9 Å². The molecule has 0 radical (unpaired) electrons. The van der Waals surface area contributed by atoms with E-state index in [1.54, 1.807) is 0 Å². The molecular formula is C8H12O6. The molecule has 0 aromatic rings. The summed E-state index contributed by atoms with van der Waals surface area (Å²) in [5.41, 5.74) is 0. The number of ether oxygens (including phenoxy) is 1. The van der Waals surface area contributed by atoms with Crippen LogP contribution in [0, 0.1) is 0 Å². The van der Waals surface area contributed by atoms with Crippen LogP contribution in [-0.4, -0.2) is 40.6 Å². The Balaban J connectivity index is 3.64. The zero-order chi connectivity index (χ0) is 11.1. The molecule has 1 unspecified atom stereocenters. The second-order valence-corrected chi connectivity index (χ2v) is 2.76. The number of carboxylic acid groups (broad SMARTS) is 1. The maximum absolute atomic E-state index is 10.8. The number of carboxylic acids is 1. The highest BCUT2D eigenvalue weighted by molar-refractivity contribution is 6.32. The van der Waals surface area contributed by atoms with Crippen molar-refractivity contribution in [3.63, 3.8) is 0 Å². The Labute approximate surface area is 80.5 Å². The highest BCUT2D eigenvalue weighted by Gasteiger charge is 2.14. The van der Waals surface area contributed by atoms with E-state index in [1.165, 1.54) is 6.92 Å². The van der Waals surface area contributed by atoms with Gasteiger partial charge in [0.1, 0.15) is 6.61 Å². The number of carbonyl (C=O) groups is 3. The van der Waals surface area contributed by atoms with Crippen LogP contribution < -0.4 is 0 Å². The number of aliphatic carboxylic acids is 1. The number of rotatable bonds is 6. The minimum Gasteiger partial charge on any atom is -0.476 e. The highest BCUT2D eigenvalue weighted by Crippen LogP contribution is 1.95. The van der Waals surface area contributed by atoms with Crippen LogP contribution in [0.1, 0.15) is 19.8 Å². The average molecular weight is 204 g/mol. The number of Topliss-reactive ketones (excluding diaryl/α,β-unsaturated/α-hetero) is 1. The monoisotopic (exact) mass is 204 g/mol. The fourth-order valence-corrected chi connectivity index (χ4v) is 0.608. The second-order valence-electron chi connectivity index (χ2n) is 2.76. The van der Waals surface area contributed by atoms with Crippen LogP contribution in [0.4, 0.5) is 0 Å². The van der Waals surface area contributed by atoms with E-state index in [0.29, 0.717) is 0 Å². The molecule has 6 nitrogen and oxygen atoms in total. The number of aliphatic hydroxyl groups excluding tert-OH is 1. The van der Waals surface area contributed by atoms with Gasteiger partial charge in [-0.1, -0.05) is 0 Å². The Morgan fingerprint density at radius 2 is 1.86 bits per heavy atom. The standard InChI is InChI=1S/C8H12O6/c1-5(9)4-14-7(11)3-2-6(10)8(12)13/h5,9H,2-4H2,1H3,(H,12,13). The lowest BCUT2D eigenvalue weighted by atomic mass is 10.2. The van der Waals surface area contributed by atoms with Gasteiger partial charge in [-0.05, 0) is 6.92 Å². The van der Waals surface area contributed by atoms with Crippen LogP contribution in [0.5, 0.6) is 0 Å². The fourth-order valence-electron chi connectivity index (χ4n) is 0.608. The molecule has 0 aliphatic heterocycles. The number of carbonyl (C=O) groups excluding carboxylic acids is 2. The molecule has 0 heterocycles. The van der Waals surface area contributed by atoms with Gasteiger partial charge in [0.05, 0.1) is 12.5 Å². The van der Waals surface area contributed by atoms with Crippen LogP contribution in [0.15, 0.2) is 0 Å². The van der Waals surface area contributed by atoms with Gasteiger partial charge in [-0.25, -0.2) is 4.79 Å². The van der Waals surface area contributed by atoms with E-state index < -0.39 is 23.8 Å². The Kier molecular flexibility index (Phi) is 5.47. The Morgan fingerprint density at radius 3 is 2.29 bits per heavy atom. The molecule has 14 heavy (non-hydrogen) atoms. The number of ketones is 1. The molecule has 0 aromatic carbocycles. The SMILES string of the molecule is CC(O)COC(=O)CCC(=O)C(=O)O. The normalized spacial score (nSPS) is 11.9. The average Bonchev–Trinajstić information content (AvgIpc) is 2.10. The lowest BCUT2D eigenvalue weighted by molar-refractivity contribution is -0.151. The number of hydrogen-bond donors (Lipinski definition) is 2. The summed E-state index contributed by atoms with van der Waals surface area (Å²) in [7, 11) is 0. The summed E-state index contributed by atoms with van der Waals surface area (Å²) in [5.74, 6) is -3.28. The first-order chi connectivity index (χ1) is 6.43. The first-order valence-corrected chi connectivity index (χ1v) is 4.03. The van der Waals surface area contributed by atoms with Crippen LogP contribution in [0.2, 0.25) is 0 Å². The summed E-state index contributed by atoms with van der Waals surface area (Å²) in [5, 5.41) is 16.9. The van der Waals surface area contributed by atoms with E-state index in [1.807, 2.05) is 0 Å². The minimum atomic E-state index is -1.56. The van der Waals surface area contributed by atoms with Crippen LogP contribution in [-0.2, 0) is 19.1 Å². The first-order valence-electron chi connectivity index (χ1n) is 4.03. The summed E-state index contributed by atoms with van der Waals surface area (Å²) >= 11 is 0. The van der Waals surface area contributed by atoms with E-state index in [2.05, 4.69) is 4.74 Å². The minimum absolute atomic E-state index is 0.153. The van der Waals surface area contributed by atoms with E-state index in [9.17, 15) is 14.4 Å². The summed E-state index contributed by atoms with van der Waals surface area (Å²) in [4.78, 5) is 31.4. The molecule has 0 aromatic heterocycles. The van der Waals surface area contributed by atoms with Crippen molar-refractivity contribution in [1.82, 2.24) is 0 Å². The third-order valence-electron chi connectivity index (χ3n) is 1.28. The third-order valence-corrected chi connectivity index (χ3v) is 1.28. The zero-order valence-corrected chi connectivity index (χ0v) is 7.73. The van der Waals surface area contributed by atoms with Gasteiger partial charge in [0, 0.05) is 6.42 Å². The van der Waals surface area contributed by atoms with Crippen molar-refractivity contribution in [3.8, 4) is 0 Å². The fraction of sp³-hybridized carbons (Fsp3) is 0.625. The predicted octanol–water partition coefficient (Wildman–Crippen LogP) is -0.656. The van der Waals surface area contributed by atoms with Gasteiger partial charge in [-0.3, -0.25) is 9.59 Å². The van der Waals surface area contributed by atoms with Crippen molar-refractivity contribution >= 4 is 17.7 Å². The van der Waals surface area contributed by atoms with Gasteiger partial charge in [0.25, 0.3) is 0 Å². The van der Waals surface area contributed by atoms with Crippen molar-refractivity contribution in [2.75, 3.05) is 6.61 Å². The summed E-state index contributed by atoms with van der Waals surface area (Å²) < 4.78 is 4.50. The summed E-state index contributed by atoms with van der Waals surface area (Å²) in [6.45, 7) is 1.29. The largest absolute Gasteiger partial charge is 0.476 e. The lowest BCUT2D eigenvalue weighted by Gasteiger charge is -2.05. The molecule has 0 rings (SSSR count). The molecule has 0 saturated heterocycles. The number of hydrogen-bond acceptors (Lipinski definition) is 5. The predicted molar refractivity (Wildman–Crippen MR) is 44.5 cm³/mol. The van der Waals surface area contributed by atoms with Crippen molar-refractivity contribution in [3.05, 3.63) is 0 Å². The molecule has 80 valence electrons. The molecule has 0 saturated carbocycles. The van der Waals surface area contributed by atoms with Gasteiger partial charge >= 0.3 is 11.9 Å². The molecule has 2 N–H and O–H groups in total. The van der Waals surface area contributed by atoms with E-state index in [0.717, 1.165) is 0 Å². The molecule has 0 fully saturated rings. The zero-order valence-electron chi connectivity index (χ0n) is 7.73. The maximum Gasteiger partial charge on any atom is 0.372 e. The second kappa shape index (κ2) is 6.09. The van der Waals surface area contributed by atoms with Gasteiger partial charge in [-0.15, -0.1) is 0 Å². The lowest BCUT2D eigenvalue weighted by Crippen LogP contribution is -2.18. The Bertz CT molecular complexity index is 232. The molecule has 0 bridgehead atoms. The van der Waals surface area contributed by atoms with Crippen molar-refractivity contribution in [2.45, 2.75) is 25.9 Å². The number of aliphatic hydroxyl groups is 1. The van der Waals surface area contributed by atoms with Crippen LogP contribution in [0.25, 0.3) is 0 Å².